The largest absolute Gasteiger partial charge is 0.356 e. The second-order valence-corrected chi connectivity index (χ2v) is 5.21. The predicted octanol–water partition coefficient (Wildman–Crippen LogP) is 2.70. The Kier molecular flexibility index (Phi) is 7.41. The Morgan fingerprint density at radius 1 is 1.33 bits per heavy atom. The van der Waals surface area contributed by atoms with Crippen molar-refractivity contribution in [3.8, 4) is 0 Å². The van der Waals surface area contributed by atoms with E-state index in [1.807, 2.05) is 12.4 Å². The molecule has 0 unspecified atom stereocenters. The minimum Gasteiger partial charge on any atom is -0.356 e. The highest BCUT2D eigenvalue weighted by Crippen LogP contribution is 2.10. The molecule has 18 heavy (non-hydrogen) atoms. The number of hydrogen-bond donors (Lipinski definition) is 2. The number of thiazole rings is 1. The molecule has 2 N–H and O–H groups in total. The van der Waals surface area contributed by atoms with Crippen molar-refractivity contribution in [1.29, 1.82) is 0 Å². The van der Waals surface area contributed by atoms with Gasteiger partial charge in [-0.2, -0.15) is 0 Å². The summed E-state index contributed by atoms with van der Waals surface area (Å²) < 4.78 is 0. The number of guanidine groups is 1. The van der Waals surface area contributed by atoms with Crippen LogP contribution < -0.4 is 10.6 Å². The van der Waals surface area contributed by atoms with Crippen LogP contribution in [0.15, 0.2) is 10.5 Å². The van der Waals surface area contributed by atoms with Gasteiger partial charge in [0.05, 0.1) is 17.7 Å². The van der Waals surface area contributed by atoms with Gasteiger partial charge in [-0.15, -0.1) is 11.3 Å². The zero-order chi connectivity index (χ0) is 13.2. The fourth-order valence-electron chi connectivity index (χ4n) is 1.64. The Balaban J connectivity index is 2.20. The molecule has 0 radical (unpaired) electrons. The number of aliphatic imine (C=N–C) groups is 1. The van der Waals surface area contributed by atoms with Crippen LogP contribution in [-0.2, 0) is 6.54 Å². The van der Waals surface area contributed by atoms with Crippen LogP contribution in [0.25, 0.3) is 0 Å². The van der Waals surface area contributed by atoms with Crippen LogP contribution in [0.3, 0.4) is 0 Å². The van der Waals surface area contributed by atoms with Crippen molar-refractivity contribution in [2.45, 2.75) is 46.1 Å². The van der Waals surface area contributed by atoms with Crippen molar-refractivity contribution < 1.29 is 0 Å². The first-order valence-corrected chi connectivity index (χ1v) is 7.49. The van der Waals surface area contributed by atoms with Crippen molar-refractivity contribution in [3.63, 3.8) is 0 Å². The molecule has 0 saturated carbocycles. The average Bonchev–Trinajstić information content (AvgIpc) is 2.78. The van der Waals surface area contributed by atoms with Gasteiger partial charge in [0.25, 0.3) is 0 Å². The van der Waals surface area contributed by atoms with Crippen LogP contribution in [0.1, 0.15) is 43.2 Å². The molecule has 0 amide bonds. The molecule has 0 aliphatic rings. The van der Waals surface area contributed by atoms with Crippen molar-refractivity contribution >= 4 is 17.3 Å². The highest BCUT2D eigenvalue weighted by Gasteiger charge is 2.02. The number of aromatic nitrogens is 1. The summed E-state index contributed by atoms with van der Waals surface area (Å²) in [6.45, 7) is 6.05. The summed E-state index contributed by atoms with van der Waals surface area (Å²) in [5.41, 5.74) is 2.98. The molecule has 1 rings (SSSR count). The maximum absolute atomic E-state index is 4.23. The zero-order valence-electron chi connectivity index (χ0n) is 11.6. The molecule has 1 aromatic heterocycles. The average molecular weight is 268 g/mol. The highest BCUT2D eigenvalue weighted by atomic mass is 32.1. The lowest BCUT2D eigenvalue weighted by atomic mass is 10.2. The molecule has 0 saturated heterocycles. The quantitative estimate of drug-likeness (QED) is 0.454. The Bertz CT molecular complexity index is 360. The number of hydrogen-bond acceptors (Lipinski definition) is 3. The molecule has 1 heterocycles. The van der Waals surface area contributed by atoms with E-state index in [0.29, 0.717) is 0 Å². The minimum absolute atomic E-state index is 0.797. The van der Waals surface area contributed by atoms with Gasteiger partial charge >= 0.3 is 0 Å². The topological polar surface area (TPSA) is 49.3 Å². The molecule has 0 spiro atoms. The lowest BCUT2D eigenvalue weighted by Crippen LogP contribution is -2.37. The van der Waals surface area contributed by atoms with E-state index >= 15 is 0 Å². The molecule has 4 nitrogen and oxygen atoms in total. The van der Waals surface area contributed by atoms with Crippen molar-refractivity contribution in [3.05, 3.63) is 16.1 Å². The fourth-order valence-corrected chi connectivity index (χ4v) is 2.36. The standard InChI is InChI=1S/C13H24N4S/c1-4-5-6-7-8-15-13(14-3)16-9-12-11(2)17-10-18-12/h10H,4-9H2,1-3H3,(H2,14,15,16). The lowest BCUT2D eigenvalue weighted by Gasteiger charge is -2.11. The molecule has 0 aliphatic heterocycles. The summed E-state index contributed by atoms with van der Waals surface area (Å²) in [5.74, 6) is 0.874. The number of aryl methyl sites for hydroxylation is 1. The van der Waals surface area contributed by atoms with E-state index in [-0.39, 0.29) is 0 Å². The van der Waals surface area contributed by atoms with Gasteiger partial charge in [0.1, 0.15) is 0 Å². The minimum atomic E-state index is 0.797. The Labute approximate surface area is 114 Å². The molecule has 0 bridgehead atoms. The lowest BCUT2D eigenvalue weighted by molar-refractivity contribution is 0.647. The number of rotatable bonds is 7. The summed E-state index contributed by atoms with van der Waals surface area (Å²) >= 11 is 1.68. The van der Waals surface area contributed by atoms with Crippen molar-refractivity contribution in [2.75, 3.05) is 13.6 Å². The molecule has 0 atom stereocenters. The number of unbranched alkanes of at least 4 members (excludes halogenated alkanes) is 3. The fraction of sp³-hybridized carbons (Fsp3) is 0.692. The van der Waals surface area contributed by atoms with E-state index in [1.165, 1.54) is 30.6 Å². The van der Waals surface area contributed by atoms with Crippen LogP contribution in [0.2, 0.25) is 0 Å². The summed E-state index contributed by atoms with van der Waals surface area (Å²) in [6.07, 6.45) is 5.08. The maximum Gasteiger partial charge on any atom is 0.191 e. The van der Waals surface area contributed by atoms with E-state index in [4.69, 9.17) is 0 Å². The van der Waals surface area contributed by atoms with E-state index in [0.717, 1.165) is 24.7 Å². The van der Waals surface area contributed by atoms with E-state index < -0.39 is 0 Å². The predicted molar refractivity (Wildman–Crippen MR) is 79.2 cm³/mol. The Morgan fingerprint density at radius 3 is 2.78 bits per heavy atom. The summed E-state index contributed by atoms with van der Waals surface area (Å²) in [6, 6.07) is 0. The molecule has 102 valence electrons. The SMILES string of the molecule is CCCCCCNC(=NC)NCc1scnc1C. The van der Waals surface area contributed by atoms with Gasteiger partial charge in [-0.1, -0.05) is 26.2 Å². The van der Waals surface area contributed by atoms with Gasteiger partial charge in [-0.3, -0.25) is 4.99 Å². The second-order valence-electron chi connectivity index (χ2n) is 4.27. The van der Waals surface area contributed by atoms with Gasteiger partial charge in [0.15, 0.2) is 5.96 Å². The molecular formula is C13H24N4S. The normalized spacial score (nSPS) is 11.6. The molecule has 1 aromatic rings. The highest BCUT2D eigenvalue weighted by molar-refractivity contribution is 7.09. The van der Waals surface area contributed by atoms with Crippen LogP contribution >= 0.6 is 11.3 Å². The van der Waals surface area contributed by atoms with Crippen LogP contribution in [0.4, 0.5) is 0 Å². The number of nitrogens with one attached hydrogen (secondary N) is 2. The Morgan fingerprint density at radius 2 is 2.17 bits per heavy atom. The second kappa shape index (κ2) is 8.91. The van der Waals surface area contributed by atoms with Gasteiger partial charge in [-0.05, 0) is 13.3 Å². The molecule has 0 aromatic carbocycles. The first-order valence-electron chi connectivity index (χ1n) is 6.61. The van der Waals surface area contributed by atoms with Crippen molar-refractivity contribution in [2.24, 2.45) is 4.99 Å². The first kappa shape index (κ1) is 15.0. The molecule has 0 aliphatic carbocycles. The summed E-state index contributed by atoms with van der Waals surface area (Å²) in [5, 5.41) is 6.65. The zero-order valence-corrected chi connectivity index (χ0v) is 12.4. The Hall–Kier alpha value is -1.10. The summed E-state index contributed by atoms with van der Waals surface area (Å²) in [4.78, 5) is 9.72. The van der Waals surface area contributed by atoms with E-state index in [2.05, 4.69) is 27.5 Å². The van der Waals surface area contributed by atoms with Crippen LogP contribution in [0.5, 0.6) is 0 Å². The van der Waals surface area contributed by atoms with Gasteiger partial charge in [-0.25, -0.2) is 4.98 Å². The van der Waals surface area contributed by atoms with E-state index in [9.17, 15) is 0 Å². The molecule has 0 fully saturated rings. The number of nitrogens with zero attached hydrogens (tertiary/aromatic N) is 2. The first-order chi connectivity index (χ1) is 8.77. The van der Waals surface area contributed by atoms with Crippen LogP contribution in [-0.4, -0.2) is 24.5 Å². The molecule has 5 heteroatoms. The van der Waals surface area contributed by atoms with Gasteiger partial charge in [0.2, 0.25) is 0 Å². The van der Waals surface area contributed by atoms with Gasteiger partial charge < -0.3 is 10.6 Å². The van der Waals surface area contributed by atoms with Crippen LogP contribution in [0, 0.1) is 6.92 Å². The van der Waals surface area contributed by atoms with Crippen molar-refractivity contribution in [1.82, 2.24) is 15.6 Å². The smallest absolute Gasteiger partial charge is 0.191 e. The summed E-state index contributed by atoms with van der Waals surface area (Å²) in [7, 11) is 1.81. The third-order valence-electron chi connectivity index (χ3n) is 2.81. The van der Waals surface area contributed by atoms with E-state index in [1.54, 1.807) is 18.4 Å². The monoisotopic (exact) mass is 268 g/mol. The maximum atomic E-state index is 4.23. The molecular weight excluding hydrogens is 244 g/mol. The third-order valence-corrected chi connectivity index (χ3v) is 3.74. The van der Waals surface area contributed by atoms with Gasteiger partial charge in [0, 0.05) is 18.5 Å². The third kappa shape index (κ3) is 5.49.